The molecule has 110 valence electrons. The van der Waals surface area contributed by atoms with Crippen molar-refractivity contribution in [3.63, 3.8) is 0 Å². The molecule has 0 bridgehead atoms. The van der Waals surface area contributed by atoms with Gasteiger partial charge in [-0.25, -0.2) is 0 Å². The topological polar surface area (TPSA) is 35.6 Å². The van der Waals surface area contributed by atoms with Crippen molar-refractivity contribution in [3.8, 4) is 0 Å². The standard InChI is InChI=1S/C15H29N3O/c1-3-17(4-2)13-8-11-18(12-9-13)15(19)14-7-5-6-10-16-14/h13-14,16H,3-12H2,1-2H3. The molecule has 2 heterocycles. The van der Waals surface area contributed by atoms with Gasteiger partial charge in [0.25, 0.3) is 0 Å². The van der Waals surface area contributed by atoms with Crippen molar-refractivity contribution in [3.05, 3.63) is 0 Å². The predicted molar refractivity (Wildman–Crippen MR) is 78.2 cm³/mol. The Kier molecular flexibility index (Phi) is 5.64. The van der Waals surface area contributed by atoms with Crippen LogP contribution in [-0.4, -0.2) is 60.5 Å². The second-order valence-electron chi connectivity index (χ2n) is 5.78. The highest BCUT2D eigenvalue weighted by Crippen LogP contribution is 2.18. The number of nitrogens with zero attached hydrogens (tertiary/aromatic N) is 2. The van der Waals surface area contributed by atoms with Crippen molar-refractivity contribution in [2.45, 2.75) is 58.0 Å². The van der Waals surface area contributed by atoms with Crippen molar-refractivity contribution in [2.75, 3.05) is 32.7 Å². The minimum Gasteiger partial charge on any atom is -0.341 e. The molecule has 0 radical (unpaired) electrons. The lowest BCUT2D eigenvalue weighted by Crippen LogP contribution is -2.53. The van der Waals surface area contributed by atoms with Crippen molar-refractivity contribution in [1.82, 2.24) is 15.1 Å². The van der Waals surface area contributed by atoms with E-state index in [0.717, 1.165) is 52.0 Å². The summed E-state index contributed by atoms with van der Waals surface area (Å²) in [4.78, 5) is 17.0. The molecule has 2 fully saturated rings. The lowest BCUT2D eigenvalue weighted by Gasteiger charge is -2.39. The summed E-state index contributed by atoms with van der Waals surface area (Å²) in [5, 5.41) is 3.37. The average molecular weight is 267 g/mol. The van der Waals surface area contributed by atoms with E-state index in [4.69, 9.17) is 0 Å². The van der Waals surface area contributed by atoms with Crippen LogP contribution in [0, 0.1) is 0 Å². The summed E-state index contributed by atoms with van der Waals surface area (Å²) in [5.74, 6) is 0.345. The summed E-state index contributed by atoms with van der Waals surface area (Å²) >= 11 is 0. The van der Waals surface area contributed by atoms with Crippen LogP contribution in [0.3, 0.4) is 0 Å². The van der Waals surface area contributed by atoms with Crippen LogP contribution >= 0.6 is 0 Å². The van der Waals surface area contributed by atoms with E-state index in [-0.39, 0.29) is 6.04 Å². The summed E-state index contributed by atoms with van der Waals surface area (Å²) < 4.78 is 0. The third kappa shape index (κ3) is 3.69. The first-order chi connectivity index (χ1) is 9.26. The third-order valence-corrected chi connectivity index (χ3v) is 4.71. The Morgan fingerprint density at radius 3 is 2.37 bits per heavy atom. The van der Waals surface area contributed by atoms with E-state index in [1.54, 1.807) is 0 Å². The summed E-state index contributed by atoms with van der Waals surface area (Å²) in [5.41, 5.74) is 0. The van der Waals surface area contributed by atoms with E-state index in [1.807, 2.05) is 0 Å². The van der Waals surface area contributed by atoms with Gasteiger partial charge in [-0.15, -0.1) is 0 Å². The SMILES string of the molecule is CCN(CC)C1CCN(C(=O)C2CCCCN2)CC1. The van der Waals surface area contributed by atoms with Crippen molar-refractivity contribution in [1.29, 1.82) is 0 Å². The molecule has 1 atom stereocenters. The highest BCUT2D eigenvalue weighted by molar-refractivity contribution is 5.82. The molecule has 1 unspecified atom stereocenters. The molecule has 2 rings (SSSR count). The van der Waals surface area contributed by atoms with Gasteiger partial charge in [0.05, 0.1) is 6.04 Å². The second kappa shape index (κ2) is 7.25. The quantitative estimate of drug-likeness (QED) is 0.837. The molecule has 1 N–H and O–H groups in total. The molecule has 0 saturated carbocycles. The molecule has 2 saturated heterocycles. The molecule has 4 nitrogen and oxygen atoms in total. The third-order valence-electron chi connectivity index (χ3n) is 4.71. The number of carbonyl (C=O) groups excluding carboxylic acids is 1. The van der Waals surface area contributed by atoms with E-state index in [2.05, 4.69) is 29.0 Å². The van der Waals surface area contributed by atoms with Crippen LogP contribution in [0.4, 0.5) is 0 Å². The van der Waals surface area contributed by atoms with E-state index in [9.17, 15) is 4.79 Å². The van der Waals surface area contributed by atoms with Gasteiger partial charge in [0.15, 0.2) is 0 Å². The molecule has 4 heteroatoms. The number of carbonyl (C=O) groups is 1. The lowest BCUT2D eigenvalue weighted by molar-refractivity contribution is -0.135. The summed E-state index contributed by atoms with van der Waals surface area (Å²) in [6.07, 6.45) is 5.71. The lowest BCUT2D eigenvalue weighted by atomic mass is 9.99. The zero-order valence-corrected chi connectivity index (χ0v) is 12.5. The number of nitrogens with one attached hydrogen (secondary N) is 1. The number of amides is 1. The van der Waals surface area contributed by atoms with Gasteiger partial charge in [-0.3, -0.25) is 4.79 Å². The minimum atomic E-state index is 0.0961. The van der Waals surface area contributed by atoms with Crippen LogP contribution in [0.5, 0.6) is 0 Å². The first-order valence-electron chi connectivity index (χ1n) is 8.02. The zero-order valence-electron chi connectivity index (χ0n) is 12.5. The van der Waals surface area contributed by atoms with Gasteiger partial charge >= 0.3 is 0 Å². The van der Waals surface area contributed by atoms with Gasteiger partial charge in [-0.05, 0) is 45.3 Å². The second-order valence-corrected chi connectivity index (χ2v) is 5.78. The van der Waals surface area contributed by atoms with Gasteiger partial charge in [0.2, 0.25) is 5.91 Å². The molecule has 0 aliphatic carbocycles. The molecule has 0 spiro atoms. The Balaban J connectivity index is 1.80. The molecule has 0 aromatic rings. The smallest absolute Gasteiger partial charge is 0.239 e. The Morgan fingerprint density at radius 1 is 1.16 bits per heavy atom. The Hall–Kier alpha value is -0.610. The Labute approximate surface area is 117 Å². The Bertz CT molecular complexity index is 277. The van der Waals surface area contributed by atoms with E-state index >= 15 is 0 Å². The van der Waals surface area contributed by atoms with Crippen LogP contribution < -0.4 is 5.32 Å². The van der Waals surface area contributed by atoms with Gasteiger partial charge in [-0.2, -0.15) is 0 Å². The van der Waals surface area contributed by atoms with Gasteiger partial charge < -0.3 is 15.1 Å². The van der Waals surface area contributed by atoms with Crippen LogP contribution in [0.2, 0.25) is 0 Å². The first kappa shape index (κ1) is 14.8. The fourth-order valence-corrected chi connectivity index (χ4v) is 3.47. The minimum absolute atomic E-state index is 0.0961. The number of likely N-dealkylation sites (tertiary alicyclic amines) is 1. The average Bonchev–Trinajstić information content (AvgIpc) is 2.49. The summed E-state index contributed by atoms with van der Waals surface area (Å²) in [6, 6.07) is 0.775. The largest absolute Gasteiger partial charge is 0.341 e. The predicted octanol–water partition coefficient (Wildman–Crippen LogP) is 1.46. The van der Waals surface area contributed by atoms with Crippen molar-refractivity contribution >= 4 is 5.91 Å². The van der Waals surface area contributed by atoms with E-state index in [0.29, 0.717) is 11.9 Å². The molecule has 2 aliphatic heterocycles. The number of rotatable bonds is 4. The van der Waals surface area contributed by atoms with Crippen LogP contribution in [0.15, 0.2) is 0 Å². The molecular formula is C15H29N3O. The fourth-order valence-electron chi connectivity index (χ4n) is 3.47. The maximum absolute atomic E-state index is 12.4. The first-order valence-corrected chi connectivity index (χ1v) is 8.02. The normalized spacial score (nSPS) is 25.8. The summed E-state index contributed by atoms with van der Waals surface area (Å²) in [7, 11) is 0. The number of piperidine rings is 2. The van der Waals surface area contributed by atoms with Gasteiger partial charge in [0, 0.05) is 19.1 Å². The molecule has 0 aromatic carbocycles. The van der Waals surface area contributed by atoms with Crippen LogP contribution in [0.25, 0.3) is 0 Å². The fraction of sp³-hybridized carbons (Fsp3) is 0.933. The Morgan fingerprint density at radius 2 is 1.84 bits per heavy atom. The summed E-state index contributed by atoms with van der Waals surface area (Å²) in [6.45, 7) is 9.60. The highest BCUT2D eigenvalue weighted by Gasteiger charge is 2.30. The van der Waals surface area contributed by atoms with Crippen LogP contribution in [0.1, 0.15) is 46.0 Å². The van der Waals surface area contributed by atoms with Crippen LogP contribution in [-0.2, 0) is 4.79 Å². The van der Waals surface area contributed by atoms with E-state index < -0.39 is 0 Å². The maximum atomic E-state index is 12.4. The number of hydrogen-bond donors (Lipinski definition) is 1. The highest BCUT2D eigenvalue weighted by atomic mass is 16.2. The van der Waals surface area contributed by atoms with E-state index in [1.165, 1.54) is 12.8 Å². The number of hydrogen-bond acceptors (Lipinski definition) is 3. The monoisotopic (exact) mass is 267 g/mol. The molecular weight excluding hydrogens is 238 g/mol. The van der Waals surface area contributed by atoms with Gasteiger partial charge in [-0.1, -0.05) is 20.3 Å². The van der Waals surface area contributed by atoms with Crippen molar-refractivity contribution < 1.29 is 4.79 Å². The molecule has 2 aliphatic rings. The molecule has 0 aromatic heterocycles. The molecule has 1 amide bonds. The maximum Gasteiger partial charge on any atom is 0.239 e. The zero-order chi connectivity index (χ0) is 13.7. The van der Waals surface area contributed by atoms with Gasteiger partial charge in [0.1, 0.15) is 0 Å². The van der Waals surface area contributed by atoms with Crippen molar-refractivity contribution in [2.24, 2.45) is 0 Å². The molecule has 19 heavy (non-hydrogen) atoms.